The zero-order valence-electron chi connectivity index (χ0n) is 20.4. The molecule has 1 heterocycles. The largest absolute Gasteiger partial charge is 0.497 e. The molecule has 1 N–H and O–H groups in total. The number of aromatic nitrogens is 2. The molecule has 3 rings (SSSR count). The number of halogens is 2. The maximum absolute atomic E-state index is 12.8. The lowest BCUT2D eigenvalue weighted by Crippen LogP contribution is -2.44. The van der Waals surface area contributed by atoms with Crippen LogP contribution in [0.1, 0.15) is 47.1 Å². The number of aryl methyl sites for hydroxylation is 1. The molecule has 7 heteroatoms. The van der Waals surface area contributed by atoms with E-state index < -0.39 is 17.9 Å². The highest BCUT2D eigenvalue weighted by molar-refractivity contribution is 5.83. The highest BCUT2D eigenvalue weighted by Crippen LogP contribution is 2.16. The van der Waals surface area contributed by atoms with E-state index in [0.29, 0.717) is 13.5 Å². The van der Waals surface area contributed by atoms with Crippen molar-refractivity contribution in [3.05, 3.63) is 60.3 Å². The number of rotatable bonds is 5. The molecule has 1 amide bonds. The number of carbonyl (C=O) groups is 1. The van der Waals surface area contributed by atoms with Gasteiger partial charge in [0.2, 0.25) is 0 Å². The lowest BCUT2D eigenvalue weighted by molar-refractivity contribution is -0.143. The predicted octanol–water partition coefficient (Wildman–Crippen LogP) is 6.25. The van der Waals surface area contributed by atoms with E-state index in [9.17, 15) is 13.6 Å². The van der Waals surface area contributed by atoms with Crippen LogP contribution in [0.2, 0.25) is 0 Å². The molecular weight excluding hydrogens is 412 g/mol. The average Bonchev–Trinajstić information content (AvgIpc) is 3.18. The lowest BCUT2D eigenvalue weighted by atomic mass is 10.2. The molecule has 0 fully saturated rings. The number of fused-ring (bicyclic) bond motifs is 1. The Bertz CT molecular complexity index is 906. The summed E-state index contributed by atoms with van der Waals surface area (Å²) in [5.74, 6) is -3.72. The maximum atomic E-state index is 12.8. The summed E-state index contributed by atoms with van der Waals surface area (Å²) in [5.41, 5.74) is 2.05. The second kappa shape index (κ2) is 14.9. The number of alkyl halides is 2. The third-order valence-corrected chi connectivity index (χ3v) is 4.00. The van der Waals surface area contributed by atoms with Crippen molar-refractivity contribution < 1.29 is 18.3 Å². The van der Waals surface area contributed by atoms with E-state index in [1.54, 1.807) is 24.9 Å². The second-order valence-corrected chi connectivity index (χ2v) is 6.67. The van der Waals surface area contributed by atoms with E-state index in [1.165, 1.54) is 0 Å². The predicted molar refractivity (Wildman–Crippen MR) is 128 cm³/mol. The Balaban J connectivity index is 0.000000666. The fraction of sp³-hybridized carbons (Fsp3) is 0.440. The van der Waals surface area contributed by atoms with Crippen molar-refractivity contribution in [2.24, 2.45) is 0 Å². The van der Waals surface area contributed by atoms with E-state index in [0.717, 1.165) is 22.2 Å². The number of para-hydroxylation sites is 1. The van der Waals surface area contributed by atoms with Crippen molar-refractivity contribution in [2.45, 2.75) is 67.0 Å². The highest BCUT2D eigenvalue weighted by Gasteiger charge is 2.32. The topological polar surface area (TPSA) is 56.1 Å². The number of ether oxygens (including phenoxy) is 1. The molecule has 1 unspecified atom stereocenters. The van der Waals surface area contributed by atoms with Crippen molar-refractivity contribution in [1.82, 2.24) is 15.1 Å². The van der Waals surface area contributed by atoms with Crippen molar-refractivity contribution in [1.29, 1.82) is 0 Å². The van der Waals surface area contributed by atoms with Crippen molar-refractivity contribution in [3.63, 3.8) is 0 Å². The first-order valence-corrected chi connectivity index (χ1v) is 10.9. The van der Waals surface area contributed by atoms with E-state index in [-0.39, 0.29) is 0 Å². The first kappa shape index (κ1) is 29.0. The molecule has 178 valence electrons. The van der Waals surface area contributed by atoms with Gasteiger partial charge in [0.25, 0.3) is 5.91 Å². The van der Waals surface area contributed by atoms with Gasteiger partial charge in [-0.2, -0.15) is 13.9 Å². The first-order chi connectivity index (χ1) is 15.2. The Labute approximate surface area is 190 Å². The van der Waals surface area contributed by atoms with Gasteiger partial charge in [-0.15, -0.1) is 0 Å². The number of carbonyl (C=O) groups excluding carboxylic acids is 1. The summed E-state index contributed by atoms with van der Waals surface area (Å²) < 4.78 is 32.3. The number of nitrogens with one attached hydrogen (secondary N) is 1. The van der Waals surface area contributed by atoms with Crippen LogP contribution in [-0.2, 0) is 11.3 Å². The van der Waals surface area contributed by atoms with Crippen LogP contribution in [0.4, 0.5) is 8.78 Å². The van der Waals surface area contributed by atoms with E-state index in [4.69, 9.17) is 4.74 Å². The minimum Gasteiger partial charge on any atom is -0.497 e. The Morgan fingerprint density at radius 2 is 1.72 bits per heavy atom. The third-order valence-electron chi connectivity index (χ3n) is 4.00. The molecule has 32 heavy (non-hydrogen) atoms. The number of methoxy groups -OCH3 is 1. The lowest BCUT2D eigenvalue weighted by Gasteiger charge is -2.17. The molecule has 0 saturated heterocycles. The number of amides is 1. The normalized spacial score (nSPS) is 10.9. The summed E-state index contributed by atoms with van der Waals surface area (Å²) in [6, 6.07) is 15.1. The van der Waals surface area contributed by atoms with Gasteiger partial charge in [-0.05, 0) is 38.1 Å². The SMILES string of the molecule is CC.CC.COc1ccccc1.Cc1ccc2c(cnn2CC(C)NC(=O)C(C)(F)F)c1. The molecule has 0 saturated carbocycles. The Hall–Kier alpha value is -2.96. The molecule has 0 radical (unpaired) electrons. The minimum atomic E-state index is -3.36. The maximum Gasteiger partial charge on any atom is 0.321 e. The first-order valence-electron chi connectivity index (χ1n) is 10.9. The van der Waals surface area contributed by atoms with Gasteiger partial charge in [0.05, 0.1) is 25.4 Å². The highest BCUT2D eigenvalue weighted by atomic mass is 19.3. The van der Waals surface area contributed by atoms with Crippen LogP contribution in [0.3, 0.4) is 0 Å². The summed E-state index contributed by atoms with van der Waals surface area (Å²) in [5, 5.41) is 7.50. The summed E-state index contributed by atoms with van der Waals surface area (Å²) in [7, 11) is 1.66. The van der Waals surface area contributed by atoms with E-state index in [2.05, 4.69) is 10.4 Å². The minimum absolute atomic E-state index is 0.342. The summed E-state index contributed by atoms with van der Waals surface area (Å²) in [6.07, 6.45) is 1.73. The zero-order valence-corrected chi connectivity index (χ0v) is 20.4. The fourth-order valence-corrected chi connectivity index (χ4v) is 2.56. The van der Waals surface area contributed by atoms with Crippen molar-refractivity contribution in [2.75, 3.05) is 7.11 Å². The van der Waals surface area contributed by atoms with Gasteiger partial charge in [0.15, 0.2) is 0 Å². The van der Waals surface area contributed by atoms with Gasteiger partial charge < -0.3 is 10.1 Å². The molecule has 0 aliphatic rings. The van der Waals surface area contributed by atoms with Crippen LogP contribution in [0.25, 0.3) is 10.9 Å². The quantitative estimate of drug-likeness (QED) is 0.501. The Kier molecular flexibility index (Phi) is 13.6. The van der Waals surface area contributed by atoms with Gasteiger partial charge in [0, 0.05) is 18.4 Å². The standard InChI is InChI=1S/C14H17F2N3O.C7H8O.2C2H6/c1-9-4-5-12-11(6-9)7-17-19(12)8-10(2)18-13(20)14(3,15)16;1-8-7-5-3-2-4-6-7;2*1-2/h4-7,10H,8H2,1-3H3,(H,18,20);2-6H,1H3;2*1-2H3. The van der Waals surface area contributed by atoms with Crippen LogP contribution in [0.5, 0.6) is 5.75 Å². The molecule has 0 spiro atoms. The summed E-state index contributed by atoms with van der Waals surface area (Å²) in [4.78, 5) is 11.2. The Morgan fingerprint density at radius 3 is 2.22 bits per heavy atom. The number of hydrogen-bond donors (Lipinski definition) is 1. The summed E-state index contributed by atoms with van der Waals surface area (Å²) in [6.45, 7) is 12.6. The van der Waals surface area contributed by atoms with Crippen molar-refractivity contribution in [3.8, 4) is 5.75 Å². The van der Waals surface area contributed by atoms with Crippen LogP contribution in [0.15, 0.2) is 54.7 Å². The molecule has 0 aliphatic heterocycles. The van der Waals surface area contributed by atoms with Gasteiger partial charge in [-0.25, -0.2) is 0 Å². The van der Waals surface area contributed by atoms with Gasteiger partial charge in [-0.1, -0.05) is 57.5 Å². The smallest absolute Gasteiger partial charge is 0.321 e. The van der Waals surface area contributed by atoms with Crippen LogP contribution in [0, 0.1) is 6.92 Å². The zero-order chi connectivity index (χ0) is 24.7. The molecule has 1 atom stereocenters. The van der Waals surface area contributed by atoms with Crippen LogP contribution >= 0.6 is 0 Å². The fourth-order valence-electron chi connectivity index (χ4n) is 2.56. The molecule has 1 aromatic heterocycles. The Morgan fingerprint density at radius 1 is 1.12 bits per heavy atom. The number of benzene rings is 2. The monoisotopic (exact) mass is 449 g/mol. The van der Waals surface area contributed by atoms with Gasteiger partial charge >= 0.3 is 5.92 Å². The number of nitrogens with zero attached hydrogens (tertiary/aromatic N) is 2. The molecule has 3 aromatic rings. The van der Waals surface area contributed by atoms with Crippen LogP contribution in [-0.4, -0.2) is 34.8 Å². The third kappa shape index (κ3) is 9.90. The molecule has 5 nitrogen and oxygen atoms in total. The van der Waals surface area contributed by atoms with Gasteiger partial charge in [-0.3, -0.25) is 9.48 Å². The summed E-state index contributed by atoms with van der Waals surface area (Å²) >= 11 is 0. The van der Waals surface area contributed by atoms with Crippen molar-refractivity contribution >= 4 is 16.8 Å². The van der Waals surface area contributed by atoms with E-state index in [1.807, 2.05) is 83.1 Å². The van der Waals surface area contributed by atoms with Gasteiger partial charge in [0.1, 0.15) is 5.75 Å². The average molecular weight is 450 g/mol. The molecule has 0 aliphatic carbocycles. The van der Waals surface area contributed by atoms with E-state index >= 15 is 0 Å². The molecular formula is C25H37F2N3O2. The van der Waals surface area contributed by atoms with Crippen LogP contribution < -0.4 is 10.1 Å². The second-order valence-electron chi connectivity index (χ2n) is 6.67. The number of hydrogen-bond acceptors (Lipinski definition) is 3. The molecule has 0 bridgehead atoms. The molecule has 2 aromatic carbocycles.